The quantitative estimate of drug-likeness (QED) is 0.797. The minimum atomic E-state index is 0.152. The van der Waals surface area contributed by atoms with Gasteiger partial charge in [0.15, 0.2) is 6.29 Å². The Balaban J connectivity index is 1.54. The van der Waals surface area contributed by atoms with E-state index in [4.69, 9.17) is 11.6 Å². The fraction of sp³-hybridized carbons (Fsp3) is 0.350. The lowest BCUT2D eigenvalue weighted by atomic mass is 10.1. The van der Waals surface area contributed by atoms with E-state index < -0.39 is 0 Å². The molecule has 0 amide bonds. The van der Waals surface area contributed by atoms with Crippen molar-refractivity contribution in [1.29, 1.82) is 0 Å². The first-order valence-electron chi connectivity index (χ1n) is 9.09. The van der Waals surface area contributed by atoms with Gasteiger partial charge in [-0.25, -0.2) is 4.98 Å². The van der Waals surface area contributed by atoms with Crippen LogP contribution in [-0.4, -0.2) is 32.2 Å². The summed E-state index contributed by atoms with van der Waals surface area (Å²) in [6.07, 6.45) is 13.0. The Morgan fingerprint density at radius 2 is 2.00 bits per heavy atom. The van der Waals surface area contributed by atoms with E-state index in [0.717, 1.165) is 41.6 Å². The summed E-state index contributed by atoms with van der Waals surface area (Å²) in [5, 5.41) is 0.860. The minimum absolute atomic E-state index is 0.152. The van der Waals surface area contributed by atoms with Crippen molar-refractivity contribution in [2.45, 2.75) is 39.6 Å². The van der Waals surface area contributed by atoms with Crippen LogP contribution in [0.2, 0.25) is 5.02 Å². The van der Waals surface area contributed by atoms with Gasteiger partial charge in [-0.05, 0) is 56.0 Å². The Kier molecular flexibility index (Phi) is 3.54. The smallest absolute Gasteiger partial charge is 0.185 e. The van der Waals surface area contributed by atoms with Gasteiger partial charge in [0.25, 0.3) is 0 Å². The van der Waals surface area contributed by atoms with Crippen LogP contribution < -0.4 is 4.90 Å². The van der Waals surface area contributed by atoms with Crippen molar-refractivity contribution in [3.63, 3.8) is 0 Å². The number of hydrogen-bond acceptors (Lipinski definition) is 4. The van der Waals surface area contributed by atoms with E-state index in [1.54, 1.807) is 0 Å². The Bertz CT molecular complexity index is 905. The third kappa shape index (κ3) is 2.34. The fourth-order valence-corrected chi connectivity index (χ4v) is 4.36. The normalized spacial score (nSPS) is 21.3. The Morgan fingerprint density at radius 1 is 1.19 bits per heavy atom. The molecule has 0 spiro atoms. The summed E-state index contributed by atoms with van der Waals surface area (Å²) in [6, 6.07) is 4.38. The largest absolute Gasteiger partial charge is 0.336 e. The highest BCUT2D eigenvalue weighted by Crippen LogP contribution is 2.39. The van der Waals surface area contributed by atoms with Crippen LogP contribution in [0, 0.1) is 13.8 Å². The number of allylic oxidation sites excluding steroid dienone is 1. The van der Waals surface area contributed by atoms with Gasteiger partial charge in [-0.15, -0.1) is 0 Å². The van der Waals surface area contributed by atoms with Crippen LogP contribution >= 0.6 is 11.6 Å². The summed E-state index contributed by atoms with van der Waals surface area (Å²) >= 11 is 6.40. The van der Waals surface area contributed by atoms with Crippen LogP contribution in [0.15, 0.2) is 42.6 Å². The molecule has 1 atom stereocenters. The molecule has 6 heteroatoms. The molecule has 3 aliphatic rings. The van der Waals surface area contributed by atoms with Crippen LogP contribution in [-0.2, 0) is 6.67 Å². The van der Waals surface area contributed by atoms with Crippen molar-refractivity contribution in [3.8, 4) is 0 Å². The molecule has 5 rings (SSSR count). The zero-order chi connectivity index (χ0) is 17.8. The maximum absolute atomic E-state index is 6.40. The highest BCUT2D eigenvalue weighted by atomic mass is 35.5. The first-order chi connectivity index (χ1) is 12.6. The number of anilines is 1. The van der Waals surface area contributed by atoms with E-state index in [9.17, 15) is 0 Å². The Labute approximate surface area is 158 Å². The number of fused-ring (bicyclic) bond motifs is 2. The molecule has 0 N–H and O–H groups in total. The van der Waals surface area contributed by atoms with Crippen molar-refractivity contribution in [1.82, 2.24) is 19.4 Å². The van der Waals surface area contributed by atoms with E-state index in [0.29, 0.717) is 0 Å². The lowest BCUT2D eigenvalue weighted by Gasteiger charge is -2.41. The molecule has 0 saturated carbocycles. The van der Waals surface area contributed by atoms with Gasteiger partial charge in [0.1, 0.15) is 5.82 Å². The van der Waals surface area contributed by atoms with Gasteiger partial charge in [0.2, 0.25) is 0 Å². The monoisotopic (exact) mass is 367 g/mol. The van der Waals surface area contributed by atoms with E-state index in [1.807, 2.05) is 12.4 Å². The zero-order valence-corrected chi connectivity index (χ0v) is 15.8. The fourth-order valence-electron chi connectivity index (χ4n) is 4.25. The molecule has 0 bridgehead atoms. The summed E-state index contributed by atoms with van der Waals surface area (Å²) in [5.41, 5.74) is 4.86. The highest BCUT2D eigenvalue weighted by Gasteiger charge is 2.39. The standard InChI is InChI=1S/C20H22ClN5/c1-14-10-17(11-15(2)19(14)21)26-12-16-4-3-7-25(16)20(26)24-8-5-18-22-6-9-23(18)13-24/h5-6,8-12,20H,3-4,7,13H2,1-2H3. The topological polar surface area (TPSA) is 27.5 Å². The van der Waals surface area contributed by atoms with Crippen LogP contribution in [0.1, 0.15) is 29.8 Å². The van der Waals surface area contributed by atoms with Gasteiger partial charge in [0, 0.05) is 47.7 Å². The molecule has 1 aromatic heterocycles. The molecular formula is C20H22ClN5. The molecule has 4 heterocycles. The van der Waals surface area contributed by atoms with Crippen molar-refractivity contribution < 1.29 is 0 Å². The molecule has 1 fully saturated rings. The molecule has 0 radical (unpaired) electrons. The molecule has 134 valence electrons. The van der Waals surface area contributed by atoms with Crippen molar-refractivity contribution in [2.24, 2.45) is 0 Å². The number of hydrogen-bond donors (Lipinski definition) is 0. The molecule has 26 heavy (non-hydrogen) atoms. The van der Waals surface area contributed by atoms with Crippen molar-refractivity contribution in [3.05, 3.63) is 64.6 Å². The molecule has 5 nitrogen and oxygen atoms in total. The number of aromatic nitrogens is 2. The number of halogens is 1. The summed E-state index contributed by atoms with van der Waals surface area (Å²) in [7, 11) is 0. The number of aryl methyl sites for hydroxylation is 2. The van der Waals surface area contributed by atoms with Crippen LogP contribution in [0.25, 0.3) is 6.08 Å². The van der Waals surface area contributed by atoms with E-state index in [2.05, 4.69) is 68.7 Å². The second kappa shape index (κ2) is 5.81. The van der Waals surface area contributed by atoms with E-state index >= 15 is 0 Å². The lowest BCUT2D eigenvalue weighted by molar-refractivity contribution is 0.110. The minimum Gasteiger partial charge on any atom is -0.336 e. The molecule has 1 saturated heterocycles. The van der Waals surface area contributed by atoms with Crippen molar-refractivity contribution >= 4 is 23.4 Å². The number of imidazole rings is 1. The van der Waals surface area contributed by atoms with Crippen LogP contribution in [0.4, 0.5) is 5.69 Å². The summed E-state index contributed by atoms with van der Waals surface area (Å²) in [5.74, 6) is 1.01. The van der Waals surface area contributed by atoms with Gasteiger partial charge in [-0.3, -0.25) is 0 Å². The first-order valence-corrected chi connectivity index (χ1v) is 9.47. The molecule has 1 aromatic carbocycles. The molecule has 2 aromatic rings. The summed E-state index contributed by atoms with van der Waals surface area (Å²) in [6.45, 7) is 6.06. The number of nitrogens with zero attached hydrogens (tertiary/aromatic N) is 5. The molecule has 1 unspecified atom stereocenters. The third-order valence-electron chi connectivity index (χ3n) is 5.51. The second-order valence-corrected chi connectivity index (χ2v) is 7.67. The highest BCUT2D eigenvalue weighted by molar-refractivity contribution is 6.32. The average Bonchev–Trinajstić information content (AvgIpc) is 3.33. The molecule has 3 aliphatic heterocycles. The summed E-state index contributed by atoms with van der Waals surface area (Å²) in [4.78, 5) is 11.7. The summed E-state index contributed by atoms with van der Waals surface area (Å²) < 4.78 is 2.19. The van der Waals surface area contributed by atoms with E-state index in [-0.39, 0.29) is 6.29 Å². The van der Waals surface area contributed by atoms with Gasteiger partial charge >= 0.3 is 0 Å². The zero-order valence-electron chi connectivity index (χ0n) is 15.1. The molecular weight excluding hydrogens is 346 g/mol. The lowest BCUT2D eigenvalue weighted by Crippen LogP contribution is -2.51. The Morgan fingerprint density at radius 3 is 2.81 bits per heavy atom. The maximum Gasteiger partial charge on any atom is 0.185 e. The maximum atomic E-state index is 6.40. The number of benzene rings is 1. The predicted octanol–water partition coefficient (Wildman–Crippen LogP) is 4.14. The van der Waals surface area contributed by atoms with Crippen LogP contribution in [0.3, 0.4) is 0 Å². The van der Waals surface area contributed by atoms with Gasteiger partial charge in [0.05, 0.1) is 6.67 Å². The molecule has 0 aliphatic carbocycles. The average molecular weight is 368 g/mol. The first kappa shape index (κ1) is 15.8. The predicted molar refractivity (Wildman–Crippen MR) is 104 cm³/mol. The van der Waals surface area contributed by atoms with Gasteiger partial charge in [-0.2, -0.15) is 0 Å². The van der Waals surface area contributed by atoms with Gasteiger partial charge in [-0.1, -0.05) is 11.6 Å². The number of rotatable bonds is 2. The SMILES string of the molecule is Cc1cc(N2C=C3CCCN3C2N2C=Cc3nccn3C2)cc(C)c1Cl. The third-order valence-corrected chi connectivity index (χ3v) is 6.11. The van der Waals surface area contributed by atoms with Gasteiger partial charge < -0.3 is 19.3 Å². The van der Waals surface area contributed by atoms with Crippen LogP contribution in [0.5, 0.6) is 0 Å². The Hall–Kier alpha value is -2.40. The second-order valence-electron chi connectivity index (χ2n) is 7.29. The van der Waals surface area contributed by atoms with Crippen molar-refractivity contribution in [2.75, 3.05) is 11.4 Å². The van der Waals surface area contributed by atoms with E-state index in [1.165, 1.54) is 17.8 Å².